The van der Waals surface area contributed by atoms with Crippen molar-refractivity contribution in [3.63, 3.8) is 0 Å². The van der Waals surface area contributed by atoms with Crippen LogP contribution in [0.5, 0.6) is 0 Å². The van der Waals surface area contributed by atoms with Gasteiger partial charge < -0.3 is 9.73 Å². The first-order chi connectivity index (χ1) is 11.5. The molecule has 2 aromatic heterocycles. The van der Waals surface area contributed by atoms with Crippen LogP contribution in [-0.2, 0) is 6.54 Å². The van der Waals surface area contributed by atoms with E-state index in [1.807, 2.05) is 0 Å². The van der Waals surface area contributed by atoms with Crippen molar-refractivity contribution in [3.8, 4) is 0 Å². The van der Waals surface area contributed by atoms with Crippen molar-refractivity contribution in [2.24, 2.45) is 0 Å². The molecular weight excluding hydrogens is 333 g/mol. The molecule has 5 nitrogen and oxygen atoms in total. The molecule has 0 atom stereocenters. The Labute approximate surface area is 143 Å². The molecule has 124 valence electrons. The number of hydrogen-bond donors (Lipinski definition) is 1. The molecule has 0 fully saturated rings. The minimum atomic E-state index is -0.392. The second-order valence-electron chi connectivity index (χ2n) is 5.34. The Morgan fingerprint density at radius 2 is 2.12 bits per heavy atom. The number of carbonyl (C=O) groups is 1. The van der Waals surface area contributed by atoms with Crippen LogP contribution in [0.25, 0.3) is 0 Å². The van der Waals surface area contributed by atoms with Gasteiger partial charge in [-0.2, -0.15) is 5.10 Å². The van der Waals surface area contributed by atoms with Crippen LogP contribution in [0, 0.1) is 19.7 Å². The van der Waals surface area contributed by atoms with Gasteiger partial charge in [-0.15, -0.1) is 0 Å². The third-order valence-electron chi connectivity index (χ3n) is 3.73. The van der Waals surface area contributed by atoms with Gasteiger partial charge in [-0.3, -0.25) is 9.48 Å². The summed E-state index contributed by atoms with van der Waals surface area (Å²) in [6, 6.07) is 7.75. The zero-order valence-corrected chi connectivity index (χ0v) is 13.9. The number of benzene rings is 1. The molecular formula is C17H15ClFN3O2. The lowest BCUT2D eigenvalue weighted by Crippen LogP contribution is -2.12. The minimum absolute atomic E-state index is 0.175. The quantitative estimate of drug-likeness (QED) is 0.770. The third-order valence-corrected chi connectivity index (χ3v) is 4.09. The second kappa shape index (κ2) is 6.49. The van der Waals surface area contributed by atoms with Crippen molar-refractivity contribution < 1.29 is 13.6 Å². The van der Waals surface area contributed by atoms with Crippen molar-refractivity contribution in [3.05, 3.63) is 70.1 Å². The first-order valence-corrected chi connectivity index (χ1v) is 7.67. The van der Waals surface area contributed by atoms with Gasteiger partial charge in [-0.05, 0) is 38.1 Å². The minimum Gasteiger partial charge on any atom is -0.459 e. The maximum atomic E-state index is 14.0. The number of carbonyl (C=O) groups excluding carboxylic acids is 1. The van der Waals surface area contributed by atoms with Crippen LogP contribution in [0.2, 0.25) is 5.02 Å². The summed E-state index contributed by atoms with van der Waals surface area (Å²) in [5, 5.41) is 7.48. The summed E-state index contributed by atoms with van der Waals surface area (Å²) in [4.78, 5) is 12.1. The van der Waals surface area contributed by atoms with E-state index < -0.39 is 5.82 Å². The molecule has 0 saturated heterocycles. The van der Waals surface area contributed by atoms with E-state index in [-0.39, 0.29) is 18.2 Å². The summed E-state index contributed by atoms with van der Waals surface area (Å²) in [6.07, 6.45) is 1.43. The fourth-order valence-corrected chi connectivity index (χ4v) is 2.67. The number of anilines is 1. The van der Waals surface area contributed by atoms with Crippen LogP contribution in [0.15, 0.2) is 41.0 Å². The number of hydrogen-bond acceptors (Lipinski definition) is 3. The average Bonchev–Trinajstić information content (AvgIpc) is 3.16. The molecule has 0 unspecified atom stereocenters. The number of rotatable bonds is 4. The Balaban J connectivity index is 1.88. The molecule has 1 N–H and O–H groups in total. The van der Waals surface area contributed by atoms with Gasteiger partial charge in [-0.25, -0.2) is 4.39 Å². The molecule has 7 heteroatoms. The van der Waals surface area contributed by atoms with Crippen molar-refractivity contribution in [1.82, 2.24) is 9.78 Å². The van der Waals surface area contributed by atoms with Crippen LogP contribution in [0.1, 0.15) is 27.5 Å². The highest BCUT2D eigenvalue weighted by Gasteiger charge is 2.18. The normalized spacial score (nSPS) is 10.8. The molecule has 0 radical (unpaired) electrons. The fraction of sp³-hybridized carbons (Fsp3) is 0.176. The number of aryl methyl sites for hydroxylation is 1. The molecule has 24 heavy (non-hydrogen) atoms. The van der Waals surface area contributed by atoms with Crippen molar-refractivity contribution in [1.29, 1.82) is 0 Å². The van der Waals surface area contributed by atoms with Gasteiger partial charge in [0.25, 0.3) is 5.91 Å². The van der Waals surface area contributed by atoms with Crippen LogP contribution in [0.4, 0.5) is 10.1 Å². The van der Waals surface area contributed by atoms with Gasteiger partial charge in [0.05, 0.1) is 29.9 Å². The maximum absolute atomic E-state index is 14.0. The number of halogens is 2. The highest BCUT2D eigenvalue weighted by molar-refractivity contribution is 6.31. The number of nitrogens with one attached hydrogen (secondary N) is 1. The first-order valence-electron chi connectivity index (χ1n) is 7.29. The monoisotopic (exact) mass is 347 g/mol. The van der Waals surface area contributed by atoms with E-state index in [4.69, 9.17) is 16.0 Å². The fourth-order valence-electron chi connectivity index (χ4n) is 2.45. The molecule has 3 aromatic rings. The number of aromatic nitrogens is 2. The molecule has 0 aliphatic carbocycles. The highest BCUT2D eigenvalue weighted by atomic mass is 35.5. The van der Waals surface area contributed by atoms with E-state index in [0.29, 0.717) is 27.7 Å². The molecule has 2 heterocycles. The lowest BCUT2D eigenvalue weighted by Gasteiger charge is -2.09. The molecule has 0 aliphatic rings. The highest BCUT2D eigenvalue weighted by Crippen LogP contribution is 2.24. The standard InChI is InChI=1S/C17H15ClFN3O2/c1-10-16(20-17(23)15-7-4-8-24-15)11(2)22(21-10)9-12-13(18)5-3-6-14(12)19/h3-8H,9H2,1-2H3,(H,20,23). The van der Waals surface area contributed by atoms with E-state index in [1.54, 1.807) is 42.8 Å². The molecule has 0 saturated carbocycles. The Morgan fingerprint density at radius 3 is 2.79 bits per heavy atom. The van der Waals surface area contributed by atoms with E-state index in [9.17, 15) is 9.18 Å². The summed E-state index contributed by atoms with van der Waals surface area (Å²) in [5.41, 5.74) is 2.25. The van der Waals surface area contributed by atoms with E-state index in [0.717, 1.165) is 0 Å². The Hall–Kier alpha value is -2.60. The number of nitrogens with zero attached hydrogens (tertiary/aromatic N) is 2. The van der Waals surface area contributed by atoms with Gasteiger partial charge in [0, 0.05) is 10.6 Å². The van der Waals surface area contributed by atoms with Gasteiger partial charge >= 0.3 is 0 Å². The molecule has 0 aliphatic heterocycles. The van der Waals surface area contributed by atoms with Crippen LogP contribution < -0.4 is 5.32 Å². The zero-order valence-electron chi connectivity index (χ0n) is 13.1. The Morgan fingerprint density at radius 1 is 1.33 bits per heavy atom. The van der Waals surface area contributed by atoms with E-state index in [2.05, 4.69) is 10.4 Å². The van der Waals surface area contributed by atoms with Gasteiger partial charge in [0.15, 0.2) is 5.76 Å². The Bertz CT molecular complexity index is 867. The Kier molecular flexibility index (Phi) is 4.40. The summed E-state index contributed by atoms with van der Waals surface area (Å²) >= 11 is 6.07. The first kappa shape index (κ1) is 16.3. The van der Waals surface area contributed by atoms with Crippen molar-refractivity contribution in [2.75, 3.05) is 5.32 Å². The van der Waals surface area contributed by atoms with Gasteiger partial charge in [-0.1, -0.05) is 17.7 Å². The SMILES string of the molecule is Cc1nn(Cc2c(F)cccc2Cl)c(C)c1NC(=O)c1ccco1. The molecule has 0 spiro atoms. The number of amides is 1. The van der Waals surface area contributed by atoms with Crippen molar-refractivity contribution >= 4 is 23.2 Å². The molecule has 0 bridgehead atoms. The summed E-state index contributed by atoms with van der Waals surface area (Å²) < 4.78 is 20.6. The van der Waals surface area contributed by atoms with Crippen LogP contribution in [-0.4, -0.2) is 15.7 Å². The predicted molar refractivity (Wildman–Crippen MR) is 88.9 cm³/mol. The summed E-state index contributed by atoms with van der Waals surface area (Å²) in [6.45, 7) is 3.74. The van der Waals surface area contributed by atoms with Gasteiger partial charge in [0.2, 0.25) is 0 Å². The molecule has 1 amide bonds. The van der Waals surface area contributed by atoms with E-state index >= 15 is 0 Å². The smallest absolute Gasteiger partial charge is 0.291 e. The molecule has 1 aromatic carbocycles. The second-order valence-corrected chi connectivity index (χ2v) is 5.74. The van der Waals surface area contributed by atoms with Crippen LogP contribution in [0.3, 0.4) is 0 Å². The van der Waals surface area contributed by atoms with E-state index in [1.165, 1.54) is 12.3 Å². The lowest BCUT2D eigenvalue weighted by molar-refractivity contribution is 0.0996. The van der Waals surface area contributed by atoms with Gasteiger partial charge in [0.1, 0.15) is 5.82 Å². The average molecular weight is 348 g/mol. The summed E-state index contributed by atoms with van der Waals surface area (Å²) in [5.74, 6) is -0.551. The topological polar surface area (TPSA) is 60.1 Å². The predicted octanol–water partition coefficient (Wildman–Crippen LogP) is 4.19. The third kappa shape index (κ3) is 3.05. The maximum Gasteiger partial charge on any atom is 0.291 e. The lowest BCUT2D eigenvalue weighted by atomic mass is 10.2. The van der Waals surface area contributed by atoms with Crippen LogP contribution >= 0.6 is 11.6 Å². The van der Waals surface area contributed by atoms with Crippen molar-refractivity contribution in [2.45, 2.75) is 20.4 Å². The summed E-state index contributed by atoms with van der Waals surface area (Å²) in [7, 11) is 0. The largest absolute Gasteiger partial charge is 0.459 e. The number of furan rings is 1. The zero-order chi connectivity index (χ0) is 17.3. The molecule has 3 rings (SSSR count).